The number of aliphatic hydroxyl groups is 2. The molecule has 0 aliphatic rings. The molecule has 0 saturated heterocycles. The van der Waals surface area contributed by atoms with Crippen LogP contribution in [0.15, 0.2) is 0 Å². The summed E-state index contributed by atoms with van der Waals surface area (Å²) in [6, 6.07) is 0. The molecule has 0 heterocycles. The summed E-state index contributed by atoms with van der Waals surface area (Å²) in [6.45, 7) is 2.54. The highest BCUT2D eigenvalue weighted by Gasteiger charge is 1.58. The summed E-state index contributed by atoms with van der Waals surface area (Å²) in [5, 5.41) is 15.2. The first-order chi connectivity index (χ1) is 3.83. The fraction of sp³-hybridized carbons (Fsp3) is 1.00. The molecule has 0 aromatic heterocycles. The summed E-state index contributed by atoms with van der Waals surface area (Å²) in [6.07, 6.45) is 0. The van der Waals surface area contributed by atoms with E-state index in [1.807, 2.05) is 6.92 Å². The zero-order valence-corrected chi connectivity index (χ0v) is 5.09. The van der Waals surface area contributed by atoms with E-state index in [0.717, 1.165) is 6.54 Å². The standard InChI is InChI=1S/C2H8N2.C2H6O2/c1-2-4-3;3-1-2-4/h4H,2-3H2,1H3;3-4H,1-2H2. The average molecular weight is 122 g/mol. The summed E-state index contributed by atoms with van der Waals surface area (Å²) < 4.78 is 0. The Bertz CT molecular complexity index is 20.0. The van der Waals surface area contributed by atoms with Crippen LogP contribution in [0.4, 0.5) is 0 Å². The highest BCUT2D eigenvalue weighted by Crippen LogP contribution is 1.39. The van der Waals surface area contributed by atoms with Gasteiger partial charge in [0.2, 0.25) is 0 Å². The molecule has 0 atom stereocenters. The molecule has 0 aliphatic carbocycles. The van der Waals surface area contributed by atoms with Gasteiger partial charge in [-0.05, 0) is 0 Å². The largest absolute Gasteiger partial charge is 0.394 e. The molecule has 0 unspecified atom stereocenters. The van der Waals surface area contributed by atoms with Crippen LogP contribution in [0.3, 0.4) is 0 Å². The molecule has 0 rings (SSSR count). The van der Waals surface area contributed by atoms with Gasteiger partial charge >= 0.3 is 0 Å². The first kappa shape index (κ1) is 10.8. The fourth-order valence-corrected chi connectivity index (χ4v) is 0. The molecule has 0 spiro atoms. The first-order valence-electron chi connectivity index (χ1n) is 2.48. The van der Waals surface area contributed by atoms with Gasteiger partial charge in [-0.15, -0.1) is 0 Å². The molecular formula is C4H14N2O2. The number of rotatable bonds is 2. The van der Waals surface area contributed by atoms with Crippen molar-refractivity contribution in [3.63, 3.8) is 0 Å². The molecule has 0 bridgehead atoms. The van der Waals surface area contributed by atoms with Gasteiger partial charge in [0.25, 0.3) is 0 Å². The lowest BCUT2D eigenvalue weighted by Crippen LogP contribution is -2.20. The van der Waals surface area contributed by atoms with Gasteiger partial charge < -0.3 is 10.2 Å². The van der Waals surface area contributed by atoms with Crippen molar-refractivity contribution in [3.05, 3.63) is 0 Å². The number of hydrogen-bond donors (Lipinski definition) is 4. The Kier molecular flexibility index (Phi) is 21.3. The van der Waals surface area contributed by atoms with Crippen LogP contribution in [0.2, 0.25) is 0 Å². The normalized spacial score (nSPS) is 7.50. The third-order valence-electron chi connectivity index (χ3n) is 0.304. The van der Waals surface area contributed by atoms with Crippen molar-refractivity contribution in [1.29, 1.82) is 0 Å². The molecule has 4 nitrogen and oxygen atoms in total. The van der Waals surface area contributed by atoms with E-state index in [2.05, 4.69) is 5.43 Å². The van der Waals surface area contributed by atoms with Crippen molar-refractivity contribution in [1.82, 2.24) is 5.43 Å². The maximum Gasteiger partial charge on any atom is 0.0662 e. The van der Waals surface area contributed by atoms with Gasteiger partial charge in [0.1, 0.15) is 0 Å². The van der Waals surface area contributed by atoms with Crippen LogP contribution in [0.1, 0.15) is 6.92 Å². The quantitative estimate of drug-likeness (QED) is 0.264. The maximum atomic E-state index is 7.62. The van der Waals surface area contributed by atoms with Crippen LogP contribution < -0.4 is 11.3 Å². The van der Waals surface area contributed by atoms with Gasteiger partial charge in [0.05, 0.1) is 13.2 Å². The van der Waals surface area contributed by atoms with Crippen LogP contribution in [0.5, 0.6) is 0 Å². The topological polar surface area (TPSA) is 78.5 Å². The van der Waals surface area contributed by atoms with E-state index >= 15 is 0 Å². The lowest BCUT2D eigenvalue weighted by atomic mass is 10.8. The third-order valence-corrected chi connectivity index (χ3v) is 0.304. The van der Waals surface area contributed by atoms with E-state index < -0.39 is 0 Å². The number of aliphatic hydroxyl groups excluding tert-OH is 2. The molecule has 5 N–H and O–H groups in total. The fourth-order valence-electron chi connectivity index (χ4n) is 0. The summed E-state index contributed by atoms with van der Waals surface area (Å²) in [5.41, 5.74) is 2.43. The van der Waals surface area contributed by atoms with Gasteiger partial charge in [-0.2, -0.15) is 0 Å². The molecule has 52 valence electrons. The van der Waals surface area contributed by atoms with Gasteiger partial charge in [0, 0.05) is 6.54 Å². The van der Waals surface area contributed by atoms with E-state index in [1.54, 1.807) is 0 Å². The summed E-state index contributed by atoms with van der Waals surface area (Å²) >= 11 is 0. The summed E-state index contributed by atoms with van der Waals surface area (Å²) in [5.74, 6) is 4.78. The van der Waals surface area contributed by atoms with Crippen molar-refractivity contribution in [3.8, 4) is 0 Å². The Morgan fingerprint density at radius 1 is 1.38 bits per heavy atom. The van der Waals surface area contributed by atoms with E-state index in [-0.39, 0.29) is 13.2 Å². The minimum atomic E-state index is -0.125. The number of nitrogens with one attached hydrogen (secondary N) is 1. The zero-order chi connectivity index (χ0) is 6.83. The molecule has 0 fully saturated rings. The van der Waals surface area contributed by atoms with E-state index in [1.165, 1.54) is 0 Å². The van der Waals surface area contributed by atoms with Gasteiger partial charge in [-0.3, -0.25) is 11.3 Å². The summed E-state index contributed by atoms with van der Waals surface area (Å²) in [7, 11) is 0. The Balaban J connectivity index is 0. The van der Waals surface area contributed by atoms with Crippen molar-refractivity contribution < 1.29 is 10.2 Å². The van der Waals surface area contributed by atoms with Crippen LogP contribution >= 0.6 is 0 Å². The van der Waals surface area contributed by atoms with Crippen LogP contribution in [-0.4, -0.2) is 30.0 Å². The Hall–Kier alpha value is -0.160. The van der Waals surface area contributed by atoms with Crippen molar-refractivity contribution in [2.24, 2.45) is 5.84 Å². The average Bonchev–Trinajstić information content (AvgIpc) is 1.88. The Labute approximate surface area is 49.3 Å². The minimum absolute atomic E-state index is 0.125. The molecule has 0 amide bonds. The van der Waals surface area contributed by atoms with Gasteiger partial charge in [0.15, 0.2) is 0 Å². The number of hydrazine groups is 1. The molecule has 0 aromatic rings. The lowest BCUT2D eigenvalue weighted by Gasteiger charge is -1.77. The molecule has 0 aliphatic heterocycles. The third kappa shape index (κ3) is 40.4. The van der Waals surface area contributed by atoms with E-state index in [4.69, 9.17) is 16.1 Å². The SMILES string of the molecule is CCNN.OCCO. The predicted octanol–water partition coefficient (Wildman–Crippen LogP) is -1.56. The van der Waals surface area contributed by atoms with Crippen molar-refractivity contribution >= 4 is 0 Å². The van der Waals surface area contributed by atoms with E-state index in [9.17, 15) is 0 Å². The molecule has 8 heavy (non-hydrogen) atoms. The second-order valence-corrected chi connectivity index (χ2v) is 1.00. The van der Waals surface area contributed by atoms with Crippen LogP contribution in [0, 0.1) is 0 Å². The molecule has 0 saturated carbocycles. The smallest absolute Gasteiger partial charge is 0.0662 e. The van der Waals surface area contributed by atoms with Crippen LogP contribution in [-0.2, 0) is 0 Å². The second kappa shape index (κ2) is 15.8. The van der Waals surface area contributed by atoms with Crippen molar-refractivity contribution in [2.75, 3.05) is 19.8 Å². The van der Waals surface area contributed by atoms with Gasteiger partial charge in [-0.1, -0.05) is 6.92 Å². The number of hydrogen-bond acceptors (Lipinski definition) is 4. The van der Waals surface area contributed by atoms with E-state index in [0.29, 0.717) is 0 Å². The Morgan fingerprint density at radius 3 is 1.62 bits per heavy atom. The highest BCUT2D eigenvalue weighted by molar-refractivity contribution is 4.10. The predicted molar refractivity (Wildman–Crippen MR) is 32.0 cm³/mol. The summed E-state index contributed by atoms with van der Waals surface area (Å²) in [4.78, 5) is 0. The molecule has 4 heteroatoms. The molecular weight excluding hydrogens is 108 g/mol. The van der Waals surface area contributed by atoms with Crippen molar-refractivity contribution in [2.45, 2.75) is 6.92 Å². The first-order valence-corrected chi connectivity index (χ1v) is 2.48. The second-order valence-electron chi connectivity index (χ2n) is 1.00. The van der Waals surface area contributed by atoms with Crippen LogP contribution in [0.25, 0.3) is 0 Å². The zero-order valence-electron chi connectivity index (χ0n) is 5.09. The molecule has 0 aromatic carbocycles. The minimum Gasteiger partial charge on any atom is -0.394 e. The Morgan fingerprint density at radius 2 is 1.62 bits per heavy atom. The van der Waals surface area contributed by atoms with Gasteiger partial charge in [-0.25, -0.2) is 0 Å². The lowest BCUT2D eigenvalue weighted by molar-refractivity contribution is 0.186. The maximum absolute atomic E-state index is 7.62. The molecule has 0 radical (unpaired) electrons. The monoisotopic (exact) mass is 122 g/mol. The highest BCUT2D eigenvalue weighted by atomic mass is 16.3. The number of nitrogens with two attached hydrogens (primary N) is 1.